The zero-order valence-electron chi connectivity index (χ0n) is 14.2. The number of nitrogens with zero attached hydrogens (tertiary/aromatic N) is 2. The third kappa shape index (κ3) is 3.13. The van der Waals surface area contributed by atoms with Gasteiger partial charge in [0.2, 0.25) is 0 Å². The Morgan fingerprint density at radius 1 is 1.12 bits per heavy atom. The molecule has 0 bridgehead atoms. The summed E-state index contributed by atoms with van der Waals surface area (Å²) < 4.78 is 0. The number of halogens is 1. The highest BCUT2D eigenvalue weighted by molar-refractivity contribution is 7.19. The standard InChI is InChI=1S/C19H21N3S.ClH/c1-11-4-5-15-16(9-11)23-19-17(15)18(20-10-21-19)22-14-7-12(2)6-13(3)8-14;/h6-8,10-11H,4-5,9H2,1-3H3,(H,20,21,22);1H. The Labute approximate surface area is 153 Å². The molecular weight excluding hydrogens is 338 g/mol. The number of thiophene rings is 1. The molecule has 0 aliphatic heterocycles. The van der Waals surface area contributed by atoms with Crippen LogP contribution >= 0.6 is 23.7 Å². The molecule has 1 aliphatic carbocycles. The topological polar surface area (TPSA) is 37.8 Å². The Kier molecular flexibility index (Phi) is 4.79. The number of hydrogen-bond acceptors (Lipinski definition) is 4. The van der Waals surface area contributed by atoms with Crippen LogP contribution in [0.1, 0.15) is 34.9 Å². The van der Waals surface area contributed by atoms with Gasteiger partial charge < -0.3 is 5.32 Å². The van der Waals surface area contributed by atoms with Crippen LogP contribution in [-0.4, -0.2) is 9.97 Å². The summed E-state index contributed by atoms with van der Waals surface area (Å²) >= 11 is 1.84. The molecule has 1 unspecified atom stereocenters. The fourth-order valence-electron chi connectivity index (χ4n) is 3.55. The van der Waals surface area contributed by atoms with Crippen molar-refractivity contribution in [2.75, 3.05) is 5.32 Å². The van der Waals surface area contributed by atoms with Gasteiger partial charge in [-0.1, -0.05) is 13.0 Å². The third-order valence-corrected chi connectivity index (χ3v) is 5.74. The molecule has 0 radical (unpaired) electrons. The van der Waals surface area contributed by atoms with E-state index in [1.54, 1.807) is 6.33 Å². The van der Waals surface area contributed by atoms with E-state index in [-0.39, 0.29) is 12.4 Å². The molecule has 0 amide bonds. The lowest BCUT2D eigenvalue weighted by molar-refractivity contribution is 0.509. The average Bonchev–Trinajstić information content (AvgIpc) is 2.84. The summed E-state index contributed by atoms with van der Waals surface area (Å²) in [5, 5.41) is 4.77. The first kappa shape index (κ1) is 17.2. The lowest BCUT2D eigenvalue weighted by atomic mass is 9.89. The SMILES string of the molecule is Cc1cc(C)cc(Nc2ncnc3sc4c(c23)CCC(C)C4)c1.Cl. The zero-order chi connectivity index (χ0) is 16.0. The molecule has 1 aliphatic rings. The second-order valence-electron chi connectivity index (χ2n) is 6.76. The summed E-state index contributed by atoms with van der Waals surface area (Å²) in [6.45, 7) is 6.59. The first-order valence-corrected chi connectivity index (χ1v) is 9.02. The minimum absolute atomic E-state index is 0. The summed E-state index contributed by atoms with van der Waals surface area (Å²) in [4.78, 5) is 11.7. The van der Waals surface area contributed by atoms with Crippen molar-refractivity contribution in [3.05, 3.63) is 46.1 Å². The van der Waals surface area contributed by atoms with Crippen LogP contribution in [0.3, 0.4) is 0 Å². The van der Waals surface area contributed by atoms with Crippen LogP contribution in [0.15, 0.2) is 24.5 Å². The summed E-state index contributed by atoms with van der Waals surface area (Å²) in [6.07, 6.45) is 5.26. The first-order valence-electron chi connectivity index (χ1n) is 8.20. The average molecular weight is 360 g/mol. The maximum atomic E-state index is 4.55. The van der Waals surface area contributed by atoms with Crippen molar-refractivity contribution < 1.29 is 0 Å². The van der Waals surface area contributed by atoms with Crippen molar-refractivity contribution >= 4 is 45.5 Å². The van der Waals surface area contributed by atoms with Crippen LogP contribution in [0, 0.1) is 19.8 Å². The predicted octanol–water partition coefficient (Wildman–Crippen LogP) is 5.60. The van der Waals surface area contributed by atoms with Crippen molar-refractivity contribution in [1.82, 2.24) is 9.97 Å². The predicted molar refractivity (Wildman–Crippen MR) is 105 cm³/mol. The van der Waals surface area contributed by atoms with Gasteiger partial charge in [-0.05, 0) is 67.9 Å². The van der Waals surface area contributed by atoms with Gasteiger partial charge in [0.1, 0.15) is 17.0 Å². The number of fused-ring (bicyclic) bond motifs is 3. The van der Waals surface area contributed by atoms with Crippen LogP contribution in [0.25, 0.3) is 10.2 Å². The van der Waals surface area contributed by atoms with Crippen LogP contribution in [-0.2, 0) is 12.8 Å². The highest BCUT2D eigenvalue weighted by Crippen LogP contribution is 2.40. The van der Waals surface area contributed by atoms with Gasteiger partial charge in [-0.3, -0.25) is 0 Å². The van der Waals surface area contributed by atoms with Crippen LogP contribution in [0.5, 0.6) is 0 Å². The maximum absolute atomic E-state index is 4.55. The van der Waals surface area contributed by atoms with Gasteiger partial charge in [0.25, 0.3) is 0 Å². The number of nitrogens with one attached hydrogen (secondary N) is 1. The molecule has 3 nitrogen and oxygen atoms in total. The number of hydrogen-bond donors (Lipinski definition) is 1. The monoisotopic (exact) mass is 359 g/mol. The first-order chi connectivity index (χ1) is 11.1. The molecule has 1 atom stereocenters. The second-order valence-corrected chi connectivity index (χ2v) is 7.84. The van der Waals surface area contributed by atoms with Crippen molar-refractivity contribution in [2.24, 2.45) is 5.92 Å². The third-order valence-electron chi connectivity index (χ3n) is 4.58. The Morgan fingerprint density at radius 3 is 2.62 bits per heavy atom. The summed E-state index contributed by atoms with van der Waals surface area (Å²) in [6, 6.07) is 6.53. The van der Waals surface area contributed by atoms with Gasteiger partial charge in [0, 0.05) is 10.6 Å². The number of aryl methyl sites for hydroxylation is 3. The van der Waals surface area contributed by atoms with Crippen LogP contribution in [0.4, 0.5) is 11.5 Å². The van der Waals surface area contributed by atoms with E-state index in [0.29, 0.717) is 0 Å². The van der Waals surface area contributed by atoms with Gasteiger partial charge in [-0.15, -0.1) is 23.7 Å². The molecule has 24 heavy (non-hydrogen) atoms. The van der Waals surface area contributed by atoms with Gasteiger partial charge in [-0.25, -0.2) is 9.97 Å². The van der Waals surface area contributed by atoms with E-state index in [0.717, 1.165) is 28.7 Å². The van der Waals surface area contributed by atoms with E-state index in [9.17, 15) is 0 Å². The Hall–Kier alpha value is -1.65. The van der Waals surface area contributed by atoms with Gasteiger partial charge in [-0.2, -0.15) is 0 Å². The Morgan fingerprint density at radius 2 is 1.88 bits per heavy atom. The molecule has 2 heterocycles. The molecule has 4 rings (SSSR count). The van der Waals surface area contributed by atoms with E-state index < -0.39 is 0 Å². The molecule has 0 saturated heterocycles. The van der Waals surface area contributed by atoms with E-state index in [1.165, 1.54) is 39.8 Å². The molecule has 0 spiro atoms. The molecule has 3 aromatic rings. The lowest BCUT2D eigenvalue weighted by Crippen LogP contribution is -2.09. The Balaban J connectivity index is 0.00000169. The molecule has 0 saturated carbocycles. The molecule has 5 heteroatoms. The minimum Gasteiger partial charge on any atom is -0.340 e. The van der Waals surface area contributed by atoms with Gasteiger partial charge in [0.15, 0.2) is 0 Å². The van der Waals surface area contributed by atoms with Crippen LogP contribution < -0.4 is 5.32 Å². The lowest BCUT2D eigenvalue weighted by Gasteiger charge is -2.18. The largest absolute Gasteiger partial charge is 0.340 e. The molecule has 1 aromatic carbocycles. The van der Waals surface area contributed by atoms with E-state index >= 15 is 0 Å². The van der Waals surface area contributed by atoms with Crippen molar-refractivity contribution in [1.29, 1.82) is 0 Å². The quantitative estimate of drug-likeness (QED) is 0.647. The fraction of sp³-hybridized carbons (Fsp3) is 0.368. The number of anilines is 2. The number of aromatic nitrogens is 2. The highest BCUT2D eigenvalue weighted by Gasteiger charge is 2.23. The van der Waals surface area contributed by atoms with Gasteiger partial charge in [0.05, 0.1) is 5.39 Å². The molecule has 0 fully saturated rings. The Bertz CT molecular complexity index is 867. The highest BCUT2D eigenvalue weighted by atomic mass is 35.5. The molecule has 2 aromatic heterocycles. The summed E-state index contributed by atoms with van der Waals surface area (Å²) in [5.74, 6) is 1.73. The zero-order valence-corrected chi connectivity index (χ0v) is 15.9. The molecule has 126 valence electrons. The summed E-state index contributed by atoms with van der Waals surface area (Å²) in [7, 11) is 0. The number of rotatable bonds is 2. The fourth-order valence-corrected chi connectivity index (χ4v) is 4.90. The minimum atomic E-state index is 0. The van der Waals surface area contributed by atoms with E-state index in [1.807, 2.05) is 11.3 Å². The maximum Gasteiger partial charge on any atom is 0.142 e. The number of benzene rings is 1. The summed E-state index contributed by atoms with van der Waals surface area (Å²) in [5.41, 5.74) is 5.10. The molecule has 1 N–H and O–H groups in total. The smallest absolute Gasteiger partial charge is 0.142 e. The van der Waals surface area contributed by atoms with Crippen molar-refractivity contribution in [2.45, 2.75) is 40.0 Å². The normalized spacial score (nSPS) is 16.5. The van der Waals surface area contributed by atoms with E-state index in [4.69, 9.17) is 0 Å². The van der Waals surface area contributed by atoms with Crippen molar-refractivity contribution in [3.63, 3.8) is 0 Å². The molecular formula is C19H22ClN3S. The van der Waals surface area contributed by atoms with Gasteiger partial charge >= 0.3 is 0 Å². The van der Waals surface area contributed by atoms with Crippen molar-refractivity contribution in [3.8, 4) is 0 Å². The van der Waals surface area contributed by atoms with Crippen LogP contribution in [0.2, 0.25) is 0 Å². The van der Waals surface area contributed by atoms with E-state index in [2.05, 4.69) is 54.3 Å². The second kappa shape index (κ2) is 6.69.